The fourth-order valence-electron chi connectivity index (χ4n) is 2.80. The summed E-state index contributed by atoms with van der Waals surface area (Å²) in [5, 5.41) is 13.2. The number of aromatic nitrogens is 3. The Morgan fingerprint density at radius 3 is 2.66 bits per heavy atom. The normalized spacial score (nSPS) is 11.4. The van der Waals surface area contributed by atoms with E-state index >= 15 is 0 Å². The summed E-state index contributed by atoms with van der Waals surface area (Å²) in [5.41, 5.74) is 4.34. The van der Waals surface area contributed by atoms with Crippen LogP contribution in [0.15, 0.2) is 98.2 Å². The number of hydrazone groups is 1. The van der Waals surface area contributed by atoms with Gasteiger partial charge in [0, 0.05) is 21.9 Å². The molecule has 0 fully saturated rings. The van der Waals surface area contributed by atoms with Crippen LogP contribution in [0.1, 0.15) is 5.76 Å². The molecule has 2 heterocycles. The molecule has 0 aliphatic carbocycles. The SMILES string of the molecule is O=C(CSc1nnc(-c2ccc(Br)cc2)n1-c1ccccc1)N/N=C\C=C/c1ccco1. The lowest BCUT2D eigenvalue weighted by molar-refractivity contribution is -0.118. The third kappa shape index (κ3) is 5.63. The van der Waals surface area contributed by atoms with Crippen molar-refractivity contribution in [2.75, 3.05) is 5.75 Å². The van der Waals surface area contributed by atoms with Crippen molar-refractivity contribution in [2.45, 2.75) is 5.16 Å². The van der Waals surface area contributed by atoms with Gasteiger partial charge >= 0.3 is 0 Å². The molecule has 4 aromatic rings. The number of furan rings is 1. The molecule has 0 unspecified atom stereocenters. The number of rotatable bonds is 8. The second-order valence-corrected chi connectivity index (χ2v) is 8.32. The number of nitrogens with one attached hydrogen (secondary N) is 1. The summed E-state index contributed by atoms with van der Waals surface area (Å²) < 4.78 is 8.10. The quantitative estimate of drug-likeness (QED) is 0.201. The molecule has 160 valence electrons. The minimum absolute atomic E-state index is 0.143. The molecular formula is C23H18BrN5O2S. The highest BCUT2D eigenvalue weighted by Gasteiger charge is 2.17. The number of hydrogen-bond acceptors (Lipinski definition) is 6. The maximum absolute atomic E-state index is 12.2. The van der Waals surface area contributed by atoms with E-state index in [1.54, 1.807) is 24.5 Å². The van der Waals surface area contributed by atoms with Gasteiger partial charge in [-0.3, -0.25) is 9.36 Å². The minimum atomic E-state index is -0.245. The Hall–Kier alpha value is -3.43. The monoisotopic (exact) mass is 507 g/mol. The molecule has 1 N–H and O–H groups in total. The van der Waals surface area contributed by atoms with Gasteiger partial charge in [-0.05, 0) is 48.6 Å². The number of amides is 1. The molecule has 32 heavy (non-hydrogen) atoms. The summed E-state index contributed by atoms with van der Waals surface area (Å²) in [7, 11) is 0. The Morgan fingerprint density at radius 2 is 1.91 bits per heavy atom. The van der Waals surface area contributed by atoms with Gasteiger partial charge in [0.1, 0.15) is 5.76 Å². The maximum atomic E-state index is 12.2. The molecular weight excluding hydrogens is 490 g/mol. The Labute approximate surface area is 197 Å². The smallest absolute Gasteiger partial charge is 0.250 e. The number of hydrogen-bond donors (Lipinski definition) is 1. The van der Waals surface area contributed by atoms with Gasteiger partial charge in [-0.25, -0.2) is 5.43 Å². The predicted molar refractivity (Wildman–Crippen MR) is 130 cm³/mol. The van der Waals surface area contributed by atoms with Gasteiger partial charge in [0.15, 0.2) is 11.0 Å². The van der Waals surface area contributed by atoms with E-state index < -0.39 is 0 Å². The first-order valence-corrected chi connectivity index (χ1v) is 11.4. The van der Waals surface area contributed by atoms with E-state index in [9.17, 15) is 4.79 Å². The van der Waals surface area contributed by atoms with Crippen molar-refractivity contribution < 1.29 is 9.21 Å². The molecule has 9 heteroatoms. The van der Waals surface area contributed by atoms with Gasteiger partial charge in [-0.1, -0.05) is 58.0 Å². The average Bonchev–Trinajstić information content (AvgIpc) is 3.48. The molecule has 1 amide bonds. The number of carbonyl (C=O) groups is 1. The van der Waals surface area contributed by atoms with E-state index in [4.69, 9.17) is 4.42 Å². The fourth-order valence-corrected chi connectivity index (χ4v) is 3.81. The molecule has 2 aromatic carbocycles. The summed E-state index contributed by atoms with van der Waals surface area (Å²) in [6, 6.07) is 21.3. The zero-order valence-corrected chi connectivity index (χ0v) is 19.2. The third-order valence-electron chi connectivity index (χ3n) is 4.24. The number of benzene rings is 2. The number of para-hydroxylation sites is 1. The summed E-state index contributed by atoms with van der Waals surface area (Å²) >= 11 is 4.75. The van der Waals surface area contributed by atoms with Crippen LogP contribution in [0.3, 0.4) is 0 Å². The molecule has 0 atom stereocenters. The standard InChI is InChI=1S/C23H18BrN5O2S/c24-18-12-10-17(11-13-18)22-27-28-23(29(22)19-6-2-1-3-7-19)32-16-21(30)26-25-14-4-8-20-9-5-15-31-20/h1-15H,16H2,(H,26,30)/b8-4-,25-14-. The van der Waals surface area contributed by atoms with E-state index in [-0.39, 0.29) is 11.7 Å². The number of carbonyl (C=O) groups excluding carboxylic acids is 1. The van der Waals surface area contributed by atoms with Gasteiger partial charge in [-0.15, -0.1) is 10.2 Å². The van der Waals surface area contributed by atoms with Crippen LogP contribution >= 0.6 is 27.7 Å². The third-order valence-corrected chi connectivity index (χ3v) is 5.69. The Morgan fingerprint density at radius 1 is 1.09 bits per heavy atom. The minimum Gasteiger partial charge on any atom is -0.465 e. The van der Waals surface area contributed by atoms with Crippen molar-refractivity contribution in [3.63, 3.8) is 0 Å². The first-order chi connectivity index (χ1) is 15.7. The highest BCUT2D eigenvalue weighted by Crippen LogP contribution is 2.28. The van der Waals surface area contributed by atoms with Crippen molar-refractivity contribution in [1.29, 1.82) is 0 Å². The van der Waals surface area contributed by atoms with Crippen LogP contribution in [0, 0.1) is 0 Å². The van der Waals surface area contributed by atoms with Crippen molar-refractivity contribution in [3.8, 4) is 17.1 Å². The van der Waals surface area contributed by atoms with E-state index in [2.05, 4.69) is 36.7 Å². The zero-order valence-electron chi connectivity index (χ0n) is 16.8. The van der Waals surface area contributed by atoms with Crippen LogP contribution in [0.5, 0.6) is 0 Å². The van der Waals surface area contributed by atoms with E-state index in [1.165, 1.54) is 18.0 Å². The van der Waals surface area contributed by atoms with Crippen LogP contribution in [-0.4, -0.2) is 32.6 Å². The average molecular weight is 508 g/mol. The Bertz CT molecular complexity index is 1220. The fraction of sp³-hybridized carbons (Fsp3) is 0.0435. The van der Waals surface area contributed by atoms with E-state index in [0.717, 1.165) is 15.7 Å². The molecule has 4 rings (SSSR count). The molecule has 0 aliphatic rings. The summed E-state index contributed by atoms with van der Waals surface area (Å²) in [5.74, 6) is 1.31. The lowest BCUT2D eigenvalue weighted by atomic mass is 10.2. The Balaban J connectivity index is 1.45. The molecule has 0 spiro atoms. The molecule has 0 aliphatic heterocycles. The first-order valence-electron chi connectivity index (χ1n) is 9.62. The van der Waals surface area contributed by atoms with Crippen molar-refractivity contribution in [2.24, 2.45) is 5.10 Å². The maximum Gasteiger partial charge on any atom is 0.250 e. The second-order valence-electron chi connectivity index (χ2n) is 6.46. The zero-order chi connectivity index (χ0) is 22.2. The first kappa shape index (κ1) is 21.8. The highest BCUT2D eigenvalue weighted by molar-refractivity contribution is 9.10. The van der Waals surface area contributed by atoms with Gasteiger partial charge in [-0.2, -0.15) is 5.10 Å². The van der Waals surface area contributed by atoms with Crippen LogP contribution in [-0.2, 0) is 4.79 Å². The number of thioether (sulfide) groups is 1. The largest absolute Gasteiger partial charge is 0.465 e. The van der Waals surface area contributed by atoms with Gasteiger partial charge in [0.2, 0.25) is 0 Å². The molecule has 0 saturated heterocycles. The van der Waals surface area contributed by atoms with Crippen LogP contribution in [0.2, 0.25) is 0 Å². The number of nitrogens with zero attached hydrogens (tertiary/aromatic N) is 4. The molecule has 0 bridgehead atoms. The van der Waals surface area contributed by atoms with Crippen molar-refractivity contribution >= 4 is 45.9 Å². The molecule has 0 radical (unpaired) electrons. The summed E-state index contributed by atoms with van der Waals surface area (Å²) in [6.07, 6.45) is 6.51. The van der Waals surface area contributed by atoms with Crippen LogP contribution in [0.25, 0.3) is 23.2 Å². The topological polar surface area (TPSA) is 85.3 Å². The van der Waals surface area contributed by atoms with E-state index in [1.807, 2.05) is 65.2 Å². The lowest BCUT2D eigenvalue weighted by Gasteiger charge is -2.10. The molecule has 0 saturated carbocycles. The van der Waals surface area contributed by atoms with Gasteiger partial charge < -0.3 is 4.42 Å². The Kier molecular flexibility index (Phi) is 7.31. The number of allylic oxidation sites excluding steroid dienone is 1. The highest BCUT2D eigenvalue weighted by atomic mass is 79.9. The van der Waals surface area contributed by atoms with Crippen molar-refractivity contribution in [3.05, 3.63) is 89.3 Å². The van der Waals surface area contributed by atoms with Crippen LogP contribution < -0.4 is 5.43 Å². The molecule has 7 nitrogen and oxygen atoms in total. The predicted octanol–water partition coefficient (Wildman–Crippen LogP) is 5.20. The summed E-state index contributed by atoms with van der Waals surface area (Å²) in [4.78, 5) is 12.2. The van der Waals surface area contributed by atoms with Gasteiger partial charge in [0.25, 0.3) is 5.91 Å². The second kappa shape index (κ2) is 10.7. The van der Waals surface area contributed by atoms with Crippen LogP contribution in [0.4, 0.5) is 0 Å². The van der Waals surface area contributed by atoms with Crippen molar-refractivity contribution in [1.82, 2.24) is 20.2 Å². The summed E-state index contributed by atoms with van der Waals surface area (Å²) in [6.45, 7) is 0. The number of halogens is 1. The van der Waals surface area contributed by atoms with Gasteiger partial charge in [0.05, 0.1) is 12.0 Å². The molecule has 2 aromatic heterocycles. The van der Waals surface area contributed by atoms with E-state index in [0.29, 0.717) is 16.7 Å². The lowest BCUT2D eigenvalue weighted by Crippen LogP contribution is -2.19.